The van der Waals surface area contributed by atoms with Crippen molar-refractivity contribution in [3.05, 3.63) is 0 Å². The van der Waals surface area contributed by atoms with Crippen LogP contribution in [0, 0.1) is 17.8 Å². The van der Waals surface area contributed by atoms with Crippen LogP contribution in [0.3, 0.4) is 0 Å². The Morgan fingerprint density at radius 3 is 3.00 bits per heavy atom. The number of carbonyl (C=O) groups excluding carboxylic acids is 1. The van der Waals surface area contributed by atoms with E-state index in [0.29, 0.717) is 17.8 Å². The number of amidine groups is 1. The molecule has 2 heterocycles. The van der Waals surface area contributed by atoms with Crippen LogP contribution in [0.15, 0.2) is 4.99 Å². The highest BCUT2D eigenvalue weighted by atomic mass is 16.2. The van der Waals surface area contributed by atoms with Crippen LogP contribution in [0.4, 0.5) is 0 Å². The Labute approximate surface area is 109 Å². The van der Waals surface area contributed by atoms with Crippen molar-refractivity contribution in [1.82, 2.24) is 10.2 Å². The Hall–Kier alpha value is -0.900. The van der Waals surface area contributed by atoms with Crippen molar-refractivity contribution in [3.8, 4) is 0 Å². The minimum atomic E-state index is -0.410. The average molecular weight is 249 g/mol. The third kappa shape index (κ3) is 1.54. The topological polar surface area (TPSA) is 44.7 Å². The van der Waals surface area contributed by atoms with E-state index in [4.69, 9.17) is 4.99 Å². The Balaban J connectivity index is 1.89. The van der Waals surface area contributed by atoms with Gasteiger partial charge in [-0.1, -0.05) is 13.8 Å². The molecule has 100 valence electrons. The number of rotatable bonds is 2. The fraction of sp³-hybridized carbons (Fsp3) is 0.857. The van der Waals surface area contributed by atoms with Gasteiger partial charge in [-0.3, -0.25) is 14.7 Å². The predicted octanol–water partition coefficient (Wildman–Crippen LogP) is 1.27. The first-order chi connectivity index (χ1) is 8.54. The van der Waals surface area contributed by atoms with Crippen molar-refractivity contribution in [3.63, 3.8) is 0 Å². The maximum absolute atomic E-state index is 12.8. The van der Waals surface area contributed by atoms with Crippen LogP contribution in [-0.4, -0.2) is 41.8 Å². The van der Waals surface area contributed by atoms with Gasteiger partial charge < -0.3 is 5.32 Å². The quantitative estimate of drug-likeness (QED) is 0.801. The highest BCUT2D eigenvalue weighted by Crippen LogP contribution is 2.48. The first kappa shape index (κ1) is 12.2. The van der Waals surface area contributed by atoms with E-state index in [1.165, 1.54) is 0 Å². The van der Waals surface area contributed by atoms with Crippen molar-refractivity contribution in [2.75, 3.05) is 19.6 Å². The van der Waals surface area contributed by atoms with Crippen molar-refractivity contribution in [2.24, 2.45) is 22.7 Å². The third-order valence-corrected chi connectivity index (χ3v) is 4.76. The van der Waals surface area contributed by atoms with Crippen LogP contribution in [0.1, 0.15) is 33.6 Å². The monoisotopic (exact) mass is 249 g/mol. The Kier molecular flexibility index (Phi) is 2.73. The zero-order valence-corrected chi connectivity index (χ0v) is 11.6. The molecule has 4 nitrogen and oxygen atoms in total. The summed E-state index contributed by atoms with van der Waals surface area (Å²) >= 11 is 0. The number of hydrogen-bond donors (Lipinski definition) is 1. The van der Waals surface area contributed by atoms with Crippen LogP contribution in [-0.2, 0) is 4.79 Å². The molecule has 0 aromatic heterocycles. The first-order valence-corrected chi connectivity index (χ1v) is 7.14. The van der Waals surface area contributed by atoms with Crippen LogP contribution in [0.25, 0.3) is 0 Å². The smallest absolute Gasteiger partial charge is 0.256 e. The molecule has 1 aliphatic carbocycles. The maximum atomic E-state index is 12.8. The van der Waals surface area contributed by atoms with E-state index in [-0.39, 0.29) is 5.91 Å². The Morgan fingerprint density at radius 2 is 2.28 bits per heavy atom. The molecule has 0 aromatic rings. The molecule has 0 aromatic carbocycles. The average Bonchev–Trinajstić information content (AvgIpc) is 2.93. The van der Waals surface area contributed by atoms with Crippen molar-refractivity contribution >= 4 is 11.7 Å². The van der Waals surface area contributed by atoms with Crippen LogP contribution < -0.4 is 5.32 Å². The summed E-state index contributed by atoms with van der Waals surface area (Å²) in [6.07, 6.45) is 2.10. The highest BCUT2D eigenvalue weighted by Gasteiger charge is 2.59. The summed E-state index contributed by atoms with van der Waals surface area (Å²) in [5.74, 6) is 2.78. The van der Waals surface area contributed by atoms with Crippen molar-refractivity contribution < 1.29 is 4.79 Å². The van der Waals surface area contributed by atoms with Gasteiger partial charge in [-0.15, -0.1) is 0 Å². The standard InChI is InChI=1S/C14H23N3O/c1-9(2)8-17-10(3)16-14(13(17)18)5-4-11-6-15-7-12(11)14/h9,11-12,15H,4-8H2,1-3H3/t11-,12+,14-/m1/s1. The SMILES string of the molecule is CC1=N[C@@]2(CC[C@@H]3CNC[C@@H]32)C(=O)N1CC(C)C. The van der Waals surface area contributed by atoms with E-state index in [9.17, 15) is 4.79 Å². The third-order valence-electron chi connectivity index (χ3n) is 4.76. The molecule has 0 unspecified atom stereocenters. The normalized spacial score (nSPS) is 39.0. The summed E-state index contributed by atoms with van der Waals surface area (Å²) < 4.78 is 0. The highest BCUT2D eigenvalue weighted by molar-refractivity contribution is 6.07. The van der Waals surface area contributed by atoms with E-state index in [1.807, 2.05) is 11.8 Å². The number of nitrogens with zero attached hydrogens (tertiary/aromatic N) is 2. The van der Waals surface area contributed by atoms with Crippen molar-refractivity contribution in [1.29, 1.82) is 0 Å². The van der Waals surface area contributed by atoms with Gasteiger partial charge in [0.15, 0.2) is 0 Å². The number of carbonyl (C=O) groups is 1. The molecule has 3 atom stereocenters. The second kappa shape index (κ2) is 4.05. The molecule has 18 heavy (non-hydrogen) atoms. The zero-order chi connectivity index (χ0) is 12.9. The van der Waals surface area contributed by atoms with Gasteiger partial charge in [0.2, 0.25) is 0 Å². The molecule has 1 saturated carbocycles. The van der Waals surface area contributed by atoms with Gasteiger partial charge in [-0.25, -0.2) is 0 Å². The van der Waals surface area contributed by atoms with E-state index < -0.39 is 5.54 Å². The van der Waals surface area contributed by atoms with E-state index in [0.717, 1.165) is 38.3 Å². The molecular weight excluding hydrogens is 226 g/mol. The molecular formula is C14H23N3O. The lowest BCUT2D eigenvalue weighted by atomic mass is 9.85. The lowest BCUT2D eigenvalue weighted by molar-refractivity contribution is -0.132. The number of amides is 1. The van der Waals surface area contributed by atoms with E-state index in [1.54, 1.807) is 0 Å². The van der Waals surface area contributed by atoms with Gasteiger partial charge in [-0.05, 0) is 38.1 Å². The lowest BCUT2D eigenvalue weighted by Gasteiger charge is -2.27. The molecule has 1 saturated heterocycles. The Bertz CT molecular complexity index is 404. The first-order valence-electron chi connectivity index (χ1n) is 7.14. The molecule has 2 aliphatic heterocycles. The molecule has 1 N–H and O–H groups in total. The second-order valence-corrected chi connectivity index (χ2v) is 6.46. The Morgan fingerprint density at radius 1 is 1.50 bits per heavy atom. The molecule has 3 rings (SSSR count). The van der Waals surface area contributed by atoms with Gasteiger partial charge in [0.05, 0.1) is 0 Å². The van der Waals surface area contributed by atoms with Crippen LogP contribution >= 0.6 is 0 Å². The van der Waals surface area contributed by atoms with Crippen LogP contribution in [0.5, 0.6) is 0 Å². The molecule has 1 spiro atoms. The number of hydrogen-bond acceptors (Lipinski definition) is 3. The maximum Gasteiger partial charge on any atom is 0.256 e. The molecule has 0 radical (unpaired) electrons. The summed E-state index contributed by atoms with van der Waals surface area (Å²) in [5, 5.41) is 3.43. The van der Waals surface area contributed by atoms with Crippen molar-refractivity contribution in [2.45, 2.75) is 39.2 Å². The molecule has 2 fully saturated rings. The summed E-state index contributed by atoms with van der Waals surface area (Å²) in [7, 11) is 0. The molecule has 1 amide bonds. The fourth-order valence-corrected chi connectivity index (χ4v) is 3.95. The zero-order valence-electron chi connectivity index (χ0n) is 11.6. The predicted molar refractivity (Wildman–Crippen MR) is 71.5 cm³/mol. The minimum absolute atomic E-state index is 0.268. The van der Waals surface area contributed by atoms with Gasteiger partial charge >= 0.3 is 0 Å². The van der Waals surface area contributed by atoms with E-state index in [2.05, 4.69) is 19.2 Å². The van der Waals surface area contributed by atoms with Gasteiger partial charge in [0, 0.05) is 19.0 Å². The summed E-state index contributed by atoms with van der Waals surface area (Å²) in [5.41, 5.74) is -0.410. The largest absolute Gasteiger partial charge is 0.316 e. The number of fused-ring (bicyclic) bond motifs is 2. The van der Waals surface area contributed by atoms with Gasteiger partial charge in [0.25, 0.3) is 5.91 Å². The summed E-state index contributed by atoms with van der Waals surface area (Å²) in [6.45, 7) is 9.13. The molecule has 0 bridgehead atoms. The van der Waals surface area contributed by atoms with Gasteiger partial charge in [-0.2, -0.15) is 0 Å². The molecule has 4 heteroatoms. The van der Waals surface area contributed by atoms with Crippen LogP contribution in [0.2, 0.25) is 0 Å². The minimum Gasteiger partial charge on any atom is -0.316 e. The summed E-state index contributed by atoms with van der Waals surface area (Å²) in [6, 6.07) is 0. The lowest BCUT2D eigenvalue weighted by Crippen LogP contribution is -2.47. The molecule has 3 aliphatic rings. The van der Waals surface area contributed by atoms with E-state index >= 15 is 0 Å². The number of nitrogens with one attached hydrogen (secondary N) is 1. The number of aliphatic imine (C=N–C) groups is 1. The fourth-order valence-electron chi connectivity index (χ4n) is 3.95. The van der Waals surface area contributed by atoms with Gasteiger partial charge in [0.1, 0.15) is 11.4 Å². The second-order valence-electron chi connectivity index (χ2n) is 6.46. The summed E-state index contributed by atoms with van der Waals surface area (Å²) in [4.78, 5) is 19.6.